The molecule has 1 aliphatic rings. The van der Waals surface area contributed by atoms with Crippen LogP contribution in [0.15, 0.2) is 24.3 Å². The Balaban J connectivity index is 2.45. The average molecular weight is 460 g/mol. The van der Waals surface area contributed by atoms with Crippen molar-refractivity contribution in [2.24, 2.45) is 5.92 Å². The molecule has 184 valence electrons. The number of ether oxygens (including phenoxy) is 1. The highest BCUT2D eigenvalue weighted by Gasteiger charge is 2.42. The predicted molar refractivity (Wildman–Crippen MR) is 130 cm³/mol. The molecule has 2 N–H and O–H groups in total. The van der Waals surface area contributed by atoms with E-state index in [1.807, 2.05) is 58.9 Å². The Bertz CT molecular complexity index is 823. The van der Waals surface area contributed by atoms with Gasteiger partial charge in [0.05, 0.1) is 0 Å². The van der Waals surface area contributed by atoms with Gasteiger partial charge in [-0.3, -0.25) is 9.59 Å². The quantitative estimate of drug-likeness (QED) is 0.599. The number of alkyl carbamates (subject to hydrolysis) is 1. The van der Waals surface area contributed by atoms with E-state index in [1.54, 1.807) is 25.7 Å². The Morgan fingerprint density at radius 1 is 1.00 bits per heavy atom. The summed E-state index contributed by atoms with van der Waals surface area (Å²) in [6.07, 6.45) is 2.04. The molecule has 33 heavy (non-hydrogen) atoms. The van der Waals surface area contributed by atoms with Crippen LogP contribution in [0, 0.1) is 12.8 Å². The molecule has 7 nitrogen and oxygen atoms in total. The van der Waals surface area contributed by atoms with Gasteiger partial charge in [0.1, 0.15) is 17.7 Å². The Morgan fingerprint density at radius 2 is 1.58 bits per heavy atom. The first-order valence-electron chi connectivity index (χ1n) is 12.0. The van der Waals surface area contributed by atoms with Crippen molar-refractivity contribution in [1.29, 1.82) is 0 Å². The summed E-state index contributed by atoms with van der Waals surface area (Å²) in [4.78, 5) is 41.6. The van der Waals surface area contributed by atoms with Gasteiger partial charge in [-0.1, -0.05) is 43.7 Å². The van der Waals surface area contributed by atoms with Crippen molar-refractivity contribution in [2.75, 3.05) is 0 Å². The van der Waals surface area contributed by atoms with Crippen molar-refractivity contribution in [2.45, 2.75) is 104 Å². The van der Waals surface area contributed by atoms with Gasteiger partial charge in [-0.15, -0.1) is 0 Å². The summed E-state index contributed by atoms with van der Waals surface area (Å²) in [5.41, 5.74) is 1.16. The molecule has 2 atom stereocenters. The van der Waals surface area contributed by atoms with Crippen LogP contribution in [0.3, 0.4) is 0 Å². The molecule has 0 bridgehead atoms. The second kappa shape index (κ2) is 11.0. The summed E-state index contributed by atoms with van der Waals surface area (Å²) in [6.45, 7) is 14.9. The zero-order valence-electron chi connectivity index (χ0n) is 21.4. The summed E-state index contributed by atoms with van der Waals surface area (Å²) >= 11 is 0. The van der Waals surface area contributed by atoms with E-state index in [0.717, 1.165) is 30.4 Å². The number of rotatable bonds is 8. The van der Waals surface area contributed by atoms with Gasteiger partial charge in [-0.2, -0.15) is 0 Å². The number of hydrogen-bond donors (Lipinski definition) is 2. The van der Waals surface area contributed by atoms with E-state index in [9.17, 15) is 14.4 Å². The van der Waals surface area contributed by atoms with Crippen molar-refractivity contribution < 1.29 is 19.1 Å². The van der Waals surface area contributed by atoms with Crippen LogP contribution >= 0.6 is 0 Å². The maximum Gasteiger partial charge on any atom is 0.408 e. The first kappa shape index (κ1) is 26.7. The molecular formula is C26H41N3O4. The minimum Gasteiger partial charge on any atom is -0.444 e. The van der Waals surface area contributed by atoms with Crippen LogP contribution in [-0.4, -0.2) is 46.5 Å². The van der Waals surface area contributed by atoms with E-state index >= 15 is 0 Å². The fraction of sp³-hybridized carbons (Fsp3) is 0.654. The van der Waals surface area contributed by atoms with Crippen LogP contribution in [0.1, 0.15) is 84.9 Å². The van der Waals surface area contributed by atoms with Crippen LogP contribution in [0.2, 0.25) is 0 Å². The fourth-order valence-corrected chi connectivity index (χ4v) is 3.84. The number of nitrogens with zero attached hydrogens (tertiary/aromatic N) is 1. The molecule has 0 aliphatic heterocycles. The molecule has 1 aliphatic carbocycles. The zero-order chi connectivity index (χ0) is 24.9. The summed E-state index contributed by atoms with van der Waals surface area (Å²) in [6, 6.07) is 6.02. The van der Waals surface area contributed by atoms with E-state index in [0.29, 0.717) is 0 Å². The molecule has 1 saturated carbocycles. The monoisotopic (exact) mass is 459 g/mol. The fourth-order valence-electron chi connectivity index (χ4n) is 3.84. The first-order valence-corrected chi connectivity index (χ1v) is 12.0. The van der Waals surface area contributed by atoms with E-state index in [2.05, 4.69) is 10.6 Å². The van der Waals surface area contributed by atoms with Crippen LogP contribution in [0.5, 0.6) is 0 Å². The van der Waals surface area contributed by atoms with E-state index in [1.165, 1.54) is 0 Å². The highest BCUT2D eigenvalue weighted by atomic mass is 16.6. The second-order valence-electron chi connectivity index (χ2n) is 10.7. The maximum absolute atomic E-state index is 14.0. The topological polar surface area (TPSA) is 87.7 Å². The number of hydrogen-bond acceptors (Lipinski definition) is 4. The lowest BCUT2D eigenvalue weighted by Gasteiger charge is -2.44. The third-order valence-corrected chi connectivity index (χ3v) is 5.68. The van der Waals surface area contributed by atoms with E-state index in [4.69, 9.17) is 4.74 Å². The van der Waals surface area contributed by atoms with Gasteiger partial charge in [0.15, 0.2) is 0 Å². The molecule has 0 heterocycles. The molecular weight excluding hydrogens is 418 g/mol. The normalized spacial score (nSPS) is 16.1. The van der Waals surface area contributed by atoms with Gasteiger partial charge in [-0.25, -0.2) is 4.79 Å². The van der Waals surface area contributed by atoms with Crippen LogP contribution in [0.4, 0.5) is 4.79 Å². The largest absolute Gasteiger partial charge is 0.444 e. The Kier molecular flexibility index (Phi) is 8.92. The molecule has 1 aromatic carbocycles. The minimum atomic E-state index is -0.805. The maximum atomic E-state index is 14.0. The van der Waals surface area contributed by atoms with Crippen molar-refractivity contribution in [3.05, 3.63) is 35.4 Å². The van der Waals surface area contributed by atoms with Crippen LogP contribution < -0.4 is 10.6 Å². The lowest BCUT2D eigenvalue weighted by atomic mass is 9.87. The Morgan fingerprint density at radius 3 is 2.00 bits per heavy atom. The third kappa shape index (κ3) is 7.47. The van der Waals surface area contributed by atoms with Crippen molar-refractivity contribution in [1.82, 2.24) is 15.5 Å². The SMILES string of the molecule is Cc1ccc(C(C(=O)NC(C)C)N(C(=O)C(NC(=O)OC(C)(C)C)C(C)C)C2CCC2)cc1. The molecule has 0 saturated heterocycles. The number of carbonyl (C=O) groups is 3. The molecule has 1 aromatic rings. The molecule has 7 heteroatoms. The minimum absolute atomic E-state index is 0.0524. The molecule has 1 fully saturated rings. The summed E-state index contributed by atoms with van der Waals surface area (Å²) in [5, 5.41) is 5.76. The van der Waals surface area contributed by atoms with Crippen LogP contribution in [-0.2, 0) is 14.3 Å². The molecule has 0 aromatic heterocycles. The van der Waals surface area contributed by atoms with Crippen molar-refractivity contribution in [3.8, 4) is 0 Å². The van der Waals surface area contributed by atoms with Gasteiger partial charge in [0, 0.05) is 12.1 Å². The van der Waals surface area contributed by atoms with E-state index in [-0.39, 0.29) is 29.8 Å². The Hall–Kier alpha value is -2.57. The van der Waals surface area contributed by atoms with Gasteiger partial charge >= 0.3 is 6.09 Å². The standard InChI is InChI=1S/C26H41N3O4/c1-16(2)21(28-25(32)33-26(6,7)8)24(31)29(20-10-9-11-20)22(23(30)27-17(3)4)19-14-12-18(5)13-15-19/h12-17,20-22H,9-11H2,1-8H3,(H,27,30)(H,28,32). The summed E-state index contributed by atoms with van der Waals surface area (Å²) in [7, 11) is 0. The molecule has 0 radical (unpaired) electrons. The number of benzene rings is 1. The summed E-state index contributed by atoms with van der Waals surface area (Å²) in [5.74, 6) is -0.654. The highest BCUT2D eigenvalue weighted by Crippen LogP contribution is 2.34. The van der Waals surface area contributed by atoms with Gasteiger partial charge < -0.3 is 20.3 Å². The van der Waals surface area contributed by atoms with Gasteiger partial charge in [0.2, 0.25) is 11.8 Å². The zero-order valence-corrected chi connectivity index (χ0v) is 21.4. The molecule has 0 spiro atoms. The highest BCUT2D eigenvalue weighted by molar-refractivity contribution is 5.92. The second-order valence-corrected chi connectivity index (χ2v) is 10.7. The lowest BCUT2D eigenvalue weighted by Crippen LogP contribution is -2.59. The average Bonchev–Trinajstić information content (AvgIpc) is 2.62. The van der Waals surface area contributed by atoms with Crippen molar-refractivity contribution >= 4 is 17.9 Å². The smallest absolute Gasteiger partial charge is 0.408 e. The number of carbonyl (C=O) groups excluding carboxylic acids is 3. The molecule has 2 unspecified atom stereocenters. The summed E-state index contributed by atoms with van der Waals surface area (Å²) < 4.78 is 5.41. The lowest BCUT2D eigenvalue weighted by molar-refractivity contribution is -0.148. The van der Waals surface area contributed by atoms with Gasteiger partial charge in [-0.05, 0) is 72.3 Å². The Labute approximate surface area is 198 Å². The van der Waals surface area contributed by atoms with Crippen LogP contribution in [0.25, 0.3) is 0 Å². The van der Waals surface area contributed by atoms with Crippen molar-refractivity contribution in [3.63, 3.8) is 0 Å². The number of nitrogens with one attached hydrogen (secondary N) is 2. The first-order chi connectivity index (χ1) is 15.3. The number of amides is 3. The van der Waals surface area contributed by atoms with Gasteiger partial charge in [0.25, 0.3) is 0 Å². The molecule has 3 amide bonds. The molecule has 2 rings (SSSR count). The predicted octanol–water partition coefficient (Wildman–Crippen LogP) is 4.49. The number of aryl methyl sites for hydroxylation is 1. The van der Waals surface area contributed by atoms with E-state index < -0.39 is 23.8 Å². The third-order valence-electron chi connectivity index (χ3n) is 5.68.